The number of ether oxygens (including phenoxy) is 1. The molecule has 0 heterocycles. The monoisotopic (exact) mass is 383 g/mol. The van der Waals surface area contributed by atoms with Crippen molar-refractivity contribution in [1.82, 2.24) is 5.32 Å². The van der Waals surface area contributed by atoms with Crippen LogP contribution < -0.4 is 5.32 Å². The highest BCUT2D eigenvalue weighted by molar-refractivity contribution is 5.85. The molecule has 0 spiro atoms. The summed E-state index contributed by atoms with van der Waals surface area (Å²) >= 11 is 0. The number of halogens is 4. The van der Waals surface area contributed by atoms with Crippen molar-refractivity contribution in [2.75, 3.05) is 7.11 Å². The lowest BCUT2D eigenvalue weighted by atomic mass is 10.0. The molecule has 2 aromatic rings. The summed E-state index contributed by atoms with van der Waals surface area (Å²) in [5.41, 5.74) is -0.253. The predicted molar refractivity (Wildman–Crippen MR) is 89.2 cm³/mol. The molecule has 0 radical (unpaired) electrons. The Hall–Kier alpha value is -2.90. The van der Waals surface area contributed by atoms with Crippen LogP contribution in [-0.4, -0.2) is 25.0 Å². The predicted octanol–water partition coefficient (Wildman–Crippen LogP) is 3.29. The number of nitrogens with one attached hydrogen (secondary N) is 1. The molecule has 0 saturated heterocycles. The number of amides is 1. The van der Waals surface area contributed by atoms with Gasteiger partial charge in [-0.2, -0.15) is 13.2 Å². The molecule has 0 saturated carbocycles. The van der Waals surface area contributed by atoms with Gasteiger partial charge in [0.1, 0.15) is 11.9 Å². The average Bonchev–Trinajstić information content (AvgIpc) is 2.62. The van der Waals surface area contributed by atoms with Gasteiger partial charge in [0.05, 0.1) is 19.1 Å². The van der Waals surface area contributed by atoms with Crippen LogP contribution >= 0.6 is 0 Å². The van der Waals surface area contributed by atoms with E-state index in [0.29, 0.717) is 5.56 Å². The number of hydrogen-bond acceptors (Lipinski definition) is 3. The van der Waals surface area contributed by atoms with E-state index in [1.54, 1.807) is 6.07 Å². The van der Waals surface area contributed by atoms with Crippen LogP contribution in [0.4, 0.5) is 17.6 Å². The molecule has 1 atom stereocenters. The Balaban J connectivity index is 2.05. The fourth-order valence-electron chi connectivity index (χ4n) is 2.46. The van der Waals surface area contributed by atoms with Gasteiger partial charge in [-0.1, -0.05) is 30.3 Å². The van der Waals surface area contributed by atoms with Crippen LogP contribution in [0.1, 0.15) is 16.7 Å². The molecule has 2 aromatic carbocycles. The molecule has 0 aromatic heterocycles. The van der Waals surface area contributed by atoms with E-state index in [1.165, 1.54) is 30.3 Å². The summed E-state index contributed by atoms with van der Waals surface area (Å²) in [6.45, 7) is 0. The number of carbonyl (C=O) groups is 2. The molecule has 4 nitrogen and oxygen atoms in total. The van der Waals surface area contributed by atoms with Crippen LogP contribution in [0.3, 0.4) is 0 Å². The first-order valence-electron chi connectivity index (χ1n) is 7.97. The zero-order chi connectivity index (χ0) is 20.0. The summed E-state index contributed by atoms with van der Waals surface area (Å²) in [6.07, 6.45) is -4.81. The molecule has 8 heteroatoms. The summed E-state index contributed by atoms with van der Waals surface area (Å²) in [5.74, 6) is -1.87. The lowest BCUT2D eigenvalue weighted by Crippen LogP contribution is -2.43. The number of alkyl halides is 3. The van der Waals surface area contributed by atoms with Gasteiger partial charge in [-0.3, -0.25) is 4.79 Å². The van der Waals surface area contributed by atoms with Crippen molar-refractivity contribution in [3.63, 3.8) is 0 Å². The number of rotatable bonds is 6. The van der Waals surface area contributed by atoms with Gasteiger partial charge in [-0.15, -0.1) is 0 Å². The van der Waals surface area contributed by atoms with Gasteiger partial charge in [0, 0.05) is 6.42 Å². The molecular weight excluding hydrogens is 366 g/mol. The summed E-state index contributed by atoms with van der Waals surface area (Å²) in [4.78, 5) is 24.1. The van der Waals surface area contributed by atoms with Crippen molar-refractivity contribution in [2.45, 2.75) is 25.1 Å². The van der Waals surface area contributed by atoms with Crippen molar-refractivity contribution >= 4 is 11.9 Å². The smallest absolute Gasteiger partial charge is 0.416 e. The van der Waals surface area contributed by atoms with Crippen LogP contribution in [0.5, 0.6) is 0 Å². The number of esters is 1. The van der Waals surface area contributed by atoms with E-state index in [-0.39, 0.29) is 18.4 Å². The highest BCUT2D eigenvalue weighted by Gasteiger charge is 2.30. The van der Waals surface area contributed by atoms with Crippen LogP contribution in [0, 0.1) is 5.82 Å². The van der Waals surface area contributed by atoms with Crippen molar-refractivity contribution in [2.24, 2.45) is 0 Å². The summed E-state index contributed by atoms with van der Waals surface area (Å²) in [7, 11) is 1.14. The first-order valence-corrected chi connectivity index (χ1v) is 7.97. The maximum absolute atomic E-state index is 13.8. The summed E-state index contributed by atoms with van der Waals surface area (Å²) in [6, 6.07) is 8.81. The third-order valence-corrected chi connectivity index (χ3v) is 3.85. The van der Waals surface area contributed by atoms with E-state index in [4.69, 9.17) is 0 Å². The maximum Gasteiger partial charge on any atom is 0.416 e. The Bertz CT molecular complexity index is 803. The van der Waals surface area contributed by atoms with Crippen molar-refractivity contribution in [1.29, 1.82) is 0 Å². The molecule has 27 heavy (non-hydrogen) atoms. The number of hydrogen-bond donors (Lipinski definition) is 1. The number of methoxy groups -OCH3 is 1. The van der Waals surface area contributed by atoms with Crippen molar-refractivity contribution < 1.29 is 31.9 Å². The van der Waals surface area contributed by atoms with Gasteiger partial charge < -0.3 is 10.1 Å². The second-order valence-electron chi connectivity index (χ2n) is 5.81. The normalized spacial score (nSPS) is 12.3. The van der Waals surface area contributed by atoms with Crippen LogP contribution in [0.2, 0.25) is 0 Å². The fourth-order valence-corrected chi connectivity index (χ4v) is 2.46. The third kappa shape index (κ3) is 5.80. The zero-order valence-corrected chi connectivity index (χ0v) is 14.3. The average molecular weight is 383 g/mol. The molecule has 0 aliphatic rings. The highest BCUT2D eigenvalue weighted by Crippen LogP contribution is 2.29. The summed E-state index contributed by atoms with van der Waals surface area (Å²) < 4.78 is 56.1. The third-order valence-electron chi connectivity index (χ3n) is 3.85. The number of benzene rings is 2. The molecule has 1 N–H and O–H groups in total. The van der Waals surface area contributed by atoms with Gasteiger partial charge in [0.25, 0.3) is 0 Å². The molecule has 0 fully saturated rings. The van der Waals surface area contributed by atoms with Crippen molar-refractivity contribution in [3.05, 3.63) is 71.0 Å². The minimum absolute atomic E-state index is 0.113. The Kier molecular flexibility index (Phi) is 6.55. The Morgan fingerprint density at radius 2 is 1.70 bits per heavy atom. The molecule has 0 aliphatic heterocycles. The SMILES string of the molecule is COC(=O)[C@@H](Cc1ccccc1F)NC(=O)Cc1ccc(C(F)(F)F)cc1. The second-order valence-corrected chi connectivity index (χ2v) is 5.81. The lowest BCUT2D eigenvalue weighted by Gasteiger charge is -2.17. The fraction of sp³-hybridized carbons (Fsp3) is 0.263. The van der Waals surface area contributed by atoms with E-state index in [1.807, 2.05) is 0 Å². The molecule has 144 valence electrons. The molecular formula is C19H17F4NO3. The van der Waals surface area contributed by atoms with Gasteiger partial charge in [-0.25, -0.2) is 9.18 Å². The van der Waals surface area contributed by atoms with Crippen LogP contribution in [0.15, 0.2) is 48.5 Å². The first kappa shape index (κ1) is 20.4. The largest absolute Gasteiger partial charge is 0.467 e. The zero-order valence-electron chi connectivity index (χ0n) is 14.3. The van der Waals surface area contributed by atoms with Gasteiger partial charge in [-0.05, 0) is 29.3 Å². The number of carbonyl (C=O) groups excluding carboxylic acids is 2. The molecule has 2 rings (SSSR count). The molecule has 1 amide bonds. The quantitative estimate of drug-likeness (QED) is 0.615. The molecule has 0 aliphatic carbocycles. The Morgan fingerprint density at radius 1 is 1.07 bits per heavy atom. The summed E-state index contributed by atoms with van der Waals surface area (Å²) in [5, 5.41) is 2.43. The van der Waals surface area contributed by atoms with Gasteiger partial charge >= 0.3 is 12.1 Å². The van der Waals surface area contributed by atoms with E-state index >= 15 is 0 Å². The van der Waals surface area contributed by atoms with Gasteiger partial charge in [0.15, 0.2) is 0 Å². The second kappa shape index (κ2) is 8.66. The van der Waals surface area contributed by atoms with Crippen molar-refractivity contribution in [3.8, 4) is 0 Å². The standard InChI is InChI=1S/C19H17F4NO3/c1-27-18(26)16(11-13-4-2-3-5-15(13)20)24-17(25)10-12-6-8-14(9-7-12)19(21,22)23/h2-9,16H,10-11H2,1H3,(H,24,25)/t16-/m1/s1. The minimum Gasteiger partial charge on any atom is -0.467 e. The Morgan fingerprint density at radius 3 is 2.26 bits per heavy atom. The van der Waals surface area contributed by atoms with E-state index in [2.05, 4.69) is 10.1 Å². The van der Waals surface area contributed by atoms with E-state index < -0.39 is 35.5 Å². The lowest BCUT2D eigenvalue weighted by molar-refractivity contribution is -0.145. The first-order chi connectivity index (χ1) is 12.7. The van der Waals surface area contributed by atoms with Crippen LogP contribution in [-0.2, 0) is 33.3 Å². The molecule has 0 unspecified atom stereocenters. The van der Waals surface area contributed by atoms with Crippen LogP contribution in [0.25, 0.3) is 0 Å². The highest BCUT2D eigenvalue weighted by atomic mass is 19.4. The molecule has 0 bridgehead atoms. The van der Waals surface area contributed by atoms with E-state index in [9.17, 15) is 27.2 Å². The topological polar surface area (TPSA) is 55.4 Å². The van der Waals surface area contributed by atoms with E-state index in [0.717, 1.165) is 19.2 Å². The Labute approximate surface area is 153 Å². The minimum atomic E-state index is -4.46. The maximum atomic E-state index is 13.8. The van der Waals surface area contributed by atoms with Gasteiger partial charge in [0.2, 0.25) is 5.91 Å².